The molecule has 0 N–H and O–H groups in total. The maximum Gasteiger partial charge on any atom is 0.216 e. The van der Waals surface area contributed by atoms with E-state index in [0.29, 0.717) is 27.6 Å². The van der Waals surface area contributed by atoms with Crippen molar-refractivity contribution >= 4 is 33.0 Å². The molecule has 6 heteroatoms. The number of aromatic nitrogens is 4. The van der Waals surface area contributed by atoms with Crippen LogP contribution >= 0.6 is 0 Å². The Bertz CT molecular complexity index is 3000. The van der Waals surface area contributed by atoms with Crippen LogP contribution in [-0.4, -0.2) is 19.9 Å². The molecule has 5 nitrogen and oxygen atoms in total. The molecule has 0 saturated carbocycles. The second-order valence-corrected chi connectivity index (χ2v) is 10.5. The van der Waals surface area contributed by atoms with Crippen LogP contribution in [-0.2, 0) is 20.1 Å². The SMILES string of the molecule is [2H]C([2H])([2H])c1c[c-]c(-c2ccc(C([2H])([2H])[2H])cn2)cc1.[2H]C([2H])([2H])c1ccc2c(-c3cc(-c4[c-]ccc5c4oc4nc(C([2H])([2H])[2H])ccc45)ncc3C([2H])([2H])[2H])c(C([2H])([2H])[2H])ccc2n1.[Ir]. The number of fused-ring (bicyclic) bond motifs is 4. The van der Waals surface area contributed by atoms with Gasteiger partial charge in [-0.1, -0.05) is 48.1 Å². The van der Waals surface area contributed by atoms with E-state index < -0.39 is 41.1 Å². The Morgan fingerprint density at radius 3 is 2.21 bits per heavy atom. The molecule has 0 atom stereocenters. The second kappa shape index (κ2) is 13.6. The normalized spacial score (nSPS) is 18.1. The molecule has 5 aromatic heterocycles. The minimum Gasteiger partial charge on any atom is -0.486 e. The Labute approximate surface area is 319 Å². The van der Waals surface area contributed by atoms with Crippen molar-refractivity contribution in [3.05, 3.63) is 143 Å². The van der Waals surface area contributed by atoms with Crippen LogP contribution in [0.3, 0.4) is 0 Å². The maximum atomic E-state index is 8.25. The zero-order valence-electron chi connectivity index (χ0n) is 42.8. The van der Waals surface area contributed by atoms with E-state index in [-0.39, 0.29) is 92.8 Å². The fourth-order valence-electron chi connectivity index (χ4n) is 5.24. The summed E-state index contributed by atoms with van der Waals surface area (Å²) in [5.41, 5.74) is 1.90. The second-order valence-electron chi connectivity index (χ2n) is 10.5. The van der Waals surface area contributed by atoms with Gasteiger partial charge < -0.3 is 14.4 Å². The van der Waals surface area contributed by atoms with E-state index in [1.54, 1.807) is 30.3 Å². The summed E-state index contributed by atoms with van der Waals surface area (Å²) in [7, 11) is 0. The summed E-state index contributed by atoms with van der Waals surface area (Å²) in [4.78, 5) is 16.9. The van der Waals surface area contributed by atoms with Gasteiger partial charge in [0.1, 0.15) is 0 Å². The van der Waals surface area contributed by atoms with Crippen molar-refractivity contribution in [3.8, 4) is 33.6 Å². The topological polar surface area (TPSA) is 64.7 Å². The number of furan rings is 1. The van der Waals surface area contributed by atoms with Gasteiger partial charge in [0.2, 0.25) is 5.71 Å². The summed E-state index contributed by atoms with van der Waals surface area (Å²) in [6, 6.07) is 26.6. The quantitative estimate of drug-likeness (QED) is 0.166. The molecule has 239 valence electrons. The first-order chi connectivity index (χ1) is 30.0. The van der Waals surface area contributed by atoms with E-state index in [1.807, 2.05) is 0 Å². The Hall–Kier alpha value is -5.03. The number of pyridine rings is 4. The molecule has 8 aromatic rings. The molecule has 0 aliphatic rings. The maximum absolute atomic E-state index is 8.25. The number of hydrogen-bond donors (Lipinski definition) is 0. The van der Waals surface area contributed by atoms with Crippen LogP contribution in [0.4, 0.5) is 0 Å². The van der Waals surface area contributed by atoms with Crippen molar-refractivity contribution in [2.75, 3.05) is 0 Å². The van der Waals surface area contributed by atoms with E-state index >= 15 is 0 Å². The van der Waals surface area contributed by atoms with Crippen molar-refractivity contribution < 1.29 is 49.2 Å². The Balaban J connectivity index is 0.000000288. The van der Waals surface area contributed by atoms with Crippen molar-refractivity contribution in [2.45, 2.75) is 41.1 Å². The first-order valence-corrected chi connectivity index (χ1v) is 14.2. The third-order valence-corrected chi connectivity index (χ3v) is 7.45. The van der Waals surface area contributed by atoms with Crippen LogP contribution in [0.15, 0.2) is 102 Å². The van der Waals surface area contributed by atoms with Gasteiger partial charge in [-0.3, -0.25) is 4.98 Å². The first-order valence-electron chi connectivity index (χ1n) is 23.2. The van der Waals surface area contributed by atoms with Crippen LogP contribution in [0.5, 0.6) is 0 Å². The molecule has 8 rings (SSSR count). The van der Waals surface area contributed by atoms with E-state index in [0.717, 1.165) is 6.20 Å². The average Bonchev–Trinajstić information content (AvgIpc) is 3.60. The predicted octanol–water partition coefficient (Wildman–Crippen LogP) is 10.5. The third kappa shape index (κ3) is 6.42. The standard InChI is InChI=1S/C29H22N3O.C13H12N.Ir/c1-16-8-13-25-22(12-10-18(3)31-25)27(16)24-14-26(30-15-17(24)2)23-7-5-6-20-21-11-9-19(4)32-29(21)33-28(20)23;1-10-3-6-12(7-4-10)13-8-5-11(2)9-14-13;/h5-6,8-15H,1-4H3;3-6,8-9H,1-2H3;/q2*-1;/i1D3,2D3,3D3,4D3;1D3,2D3;. The molecule has 48 heavy (non-hydrogen) atoms. The van der Waals surface area contributed by atoms with Crippen molar-refractivity contribution in [2.24, 2.45) is 0 Å². The predicted molar refractivity (Wildman–Crippen MR) is 191 cm³/mol. The van der Waals surface area contributed by atoms with Gasteiger partial charge in [0.05, 0.1) is 11.1 Å². The largest absolute Gasteiger partial charge is 0.486 e. The third-order valence-electron chi connectivity index (χ3n) is 7.45. The van der Waals surface area contributed by atoms with Gasteiger partial charge in [0, 0.05) is 79.3 Å². The van der Waals surface area contributed by atoms with Gasteiger partial charge in [-0.25, -0.2) is 4.98 Å². The minimum absolute atomic E-state index is 0. The van der Waals surface area contributed by atoms with Gasteiger partial charge in [-0.2, -0.15) is 0 Å². The van der Waals surface area contributed by atoms with Crippen molar-refractivity contribution in [1.29, 1.82) is 0 Å². The van der Waals surface area contributed by atoms with E-state index in [4.69, 9.17) is 29.1 Å². The van der Waals surface area contributed by atoms with Gasteiger partial charge in [-0.05, 0) is 97.7 Å². The zero-order valence-corrected chi connectivity index (χ0v) is 27.2. The molecule has 0 amide bonds. The molecule has 0 bridgehead atoms. The van der Waals surface area contributed by atoms with Crippen LogP contribution < -0.4 is 0 Å². The number of rotatable bonds is 3. The molecule has 0 aliphatic carbocycles. The zero-order chi connectivity index (χ0) is 47.7. The molecule has 0 unspecified atom stereocenters. The number of benzene rings is 3. The average molecular weight is 821 g/mol. The Morgan fingerprint density at radius 2 is 1.46 bits per heavy atom. The number of nitrogens with zero attached hydrogens (tertiary/aromatic N) is 4. The van der Waals surface area contributed by atoms with Crippen LogP contribution in [0.1, 0.15) is 58.3 Å². The first kappa shape index (κ1) is 17.4. The molecular formula is C42H34IrN4O-2. The summed E-state index contributed by atoms with van der Waals surface area (Å²) >= 11 is 0. The molecule has 0 aliphatic heterocycles. The van der Waals surface area contributed by atoms with Gasteiger partial charge in [0.25, 0.3) is 0 Å². The van der Waals surface area contributed by atoms with Crippen LogP contribution in [0.25, 0.3) is 66.6 Å². The Kier molecular flexibility index (Phi) is 4.93. The van der Waals surface area contributed by atoms with Gasteiger partial charge in [0.15, 0.2) is 0 Å². The van der Waals surface area contributed by atoms with Crippen molar-refractivity contribution in [3.63, 3.8) is 0 Å². The molecule has 0 fully saturated rings. The smallest absolute Gasteiger partial charge is 0.216 e. The number of aryl methyl sites for hydroxylation is 6. The van der Waals surface area contributed by atoms with Crippen LogP contribution in [0.2, 0.25) is 0 Å². The summed E-state index contributed by atoms with van der Waals surface area (Å²) in [5.74, 6) is 0. The van der Waals surface area contributed by atoms with Crippen molar-refractivity contribution in [1.82, 2.24) is 19.9 Å². The molecule has 0 saturated heterocycles. The molecule has 0 spiro atoms. The molecular weight excluding hydrogens is 769 g/mol. The minimum atomic E-state index is -2.72. The number of hydrogen-bond acceptors (Lipinski definition) is 5. The molecule has 3 aromatic carbocycles. The van der Waals surface area contributed by atoms with E-state index in [1.165, 1.54) is 60.8 Å². The summed E-state index contributed by atoms with van der Waals surface area (Å²) in [5, 5.41) is 1.37. The Morgan fingerprint density at radius 1 is 0.646 bits per heavy atom. The fourth-order valence-corrected chi connectivity index (χ4v) is 5.24. The fraction of sp³-hybridized carbons (Fsp3) is 0.143. The van der Waals surface area contributed by atoms with Gasteiger partial charge >= 0.3 is 0 Å². The summed E-state index contributed by atoms with van der Waals surface area (Å²) < 4.78 is 145. The van der Waals surface area contributed by atoms with Crippen LogP contribution in [0, 0.1) is 53.2 Å². The van der Waals surface area contributed by atoms with E-state index in [2.05, 4.69) is 32.1 Å². The monoisotopic (exact) mass is 821 g/mol. The summed E-state index contributed by atoms with van der Waals surface area (Å²) in [6.07, 6.45) is 2.44. The van der Waals surface area contributed by atoms with E-state index in [9.17, 15) is 0 Å². The summed E-state index contributed by atoms with van der Waals surface area (Å²) in [6.45, 7) is -14.7. The molecule has 1 radical (unpaired) electrons. The van der Waals surface area contributed by atoms with Gasteiger partial charge in [-0.15, -0.1) is 53.6 Å². The molecule has 5 heterocycles.